The van der Waals surface area contributed by atoms with Crippen LogP contribution < -0.4 is 9.64 Å². The molecule has 2 aromatic heterocycles. The van der Waals surface area contributed by atoms with Crippen LogP contribution in [0.25, 0.3) is 23.1 Å². The molecule has 2 aromatic carbocycles. The van der Waals surface area contributed by atoms with E-state index < -0.39 is 6.36 Å². The quantitative estimate of drug-likeness (QED) is 0.403. The number of anilines is 1. The summed E-state index contributed by atoms with van der Waals surface area (Å²) in [6, 6.07) is 13.4. The van der Waals surface area contributed by atoms with Crippen molar-refractivity contribution in [1.29, 1.82) is 0 Å². The molecule has 3 heterocycles. The van der Waals surface area contributed by atoms with E-state index in [-0.39, 0.29) is 23.3 Å². The first-order valence-electron chi connectivity index (χ1n) is 10.9. The number of rotatable bonds is 6. The number of alkyl halides is 3. The third-order valence-corrected chi connectivity index (χ3v) is 5.44. The van der Waals surface area contributed by atoms with Gasteiger partial charge in [-0.1, -0.05) is 17.3 Å². The van der Waals surface area contributed by atoms with Gasteiger partial charge in [0.25, 0.3) is 5.89 Å². The van der Waals surface area contributed by atoms with Gasteiger partial charge in [-0.25, -0.2) is 9.67 Å². The van der Waals surface area contributed by atoms with Gasteiger partial charge in [0.05, 0.1) is 19.8 Å². The molecule has 1 fully saturated rings. The summed E-state index contributed by atoms with van der Waals surface area (Å²) in [5.41, 5.74) is 2.67. The molecule has 0 atom stereocenters. The number of halogens is 3. The monoisotopic (exact) mass is 486 g/mol. The number of aryl methyl sites for hydroxylation is 1. The summed E-state index contributed by atoms with van der Waals surface area (Å²) < 4.78 is 53.4. The third-order valence-electron chi connectivity index (χ3n) is 5.44. The number of benzene rings is 2. The minimum absolute atomic E-state index is 0.111. The fraction of sp³-hybridized carbons (Fsp3) is 0.304. The van der Waals surface area contributed by atoms with Crippen molar-refractivity contribution in [2.75, 3.05) is 31.2 Å². The Labute approximate surface area is 198 Å². The van der Waals surface area contributed by atoms with Gasteiger partial charge in [-0.2, -0.15) is 4.98 Å². The SMILES string of the molecule is Cc1nc(-c2nc(-c3ccc(OC(F)(F)F)cc3)no2)nn1Cc1cccc(N2CCOCC2)c1. The van der Waals surface area contributed by atoms with Gasteiger partial charge in [0.1, 0.15) is 11.6 Å². The Morgan fingerprint density at radius 3 is 2.51 bits per heavy atom. The van der Waals surface area contributed by atoms with Crippen LogP contribution in [0.4, 0.5) is 18.9 Å². The smallest absolute Gasteiger partial charge is 0.406 e. The zero-order valence-electron chi connectivity index (χ0n) is 18.7. The number of aromatic nitrogens is 5. The van der Waals surface area contributed by atoms with E-state index in [9.17, 15) is 13.2 Å². The van der Waals surface area contributed by atoms with Crippen LogP contribution in [0, 0.1) is 6.92 Å². The highest BCUT2D eigenvalue weighted by Gasteiger charge is 2.31. The van der Waals surface area contributed by atoms with Gasteiger partial charge in [0.15, 0.2) is 0 Å². The number of hydrogen-bond donors (Lipinski definition) is 0. The minimum atomic E-state index is -4.76. The zero-order valence-corrected chi connectivity index (χ0v) is 18.7. The Hall–Kier alpha value is -3.93. The summed E-state index contributed by atoms with van der Waals surface area (Å²) in [5, 5.41) is 8.41. The number of ether oxygens (including phenoxy) is 2. The van der Waals surface area contributed by atoms with Crippen LogP contribution in [-0.2, 0) is 11.3 Å². The maximum atomic E-state index is 12.3. The van der Waals surface area contributed by atoms with E-state index >= 15 is 0 Å². The van der Waals surface area contributed by atoms with Gasteiger partial charge >= 0.3 is 6.36 Å². The van der Waals surface area contributed by atoms with E-state index in [4.69, 9.17) is 9.26 Å². The summed E-state index contributed by atoms with van der Waals surface area (Å²) in [6.45, 7) is 5.49. The van der Waals surface area contributed by atoms with Gasteiger partial charge in [-0.05, 0) is 48.9 Å². The number of hydrogen-bond acceptors (Lipinski definition) is 8. The minimum Gasteiger partial charge on any atom is -0.406 e. The Morgan fingerprint density at radius 2 is 1.77 bits per heavy atom. The highest BCUT2D eigenvalue weighted by atomic mass is 19.4. The topological polar surface area (TPSA) is 91.3 Å². The highest BCUT2D eigenvalue weighted by Crippen LogP contribution is 2.26. The molecule has 12 heteroatoms. The fourth-order valence-corrected chi connectivity index (χ4v) is 3.74. The van der Waals surface area contributed by atoms with Crippen molar-refractivity contribution in [3.63, 3.8) is 0 Å². The Kier molecular flexibility index (Phi) is 6.12. The average Bonchev–Trinajstić information content (AvgIpc) is 3.47. The molecule has 5 rings (SSSR count). The Balaban J connectivity index is 1.30. The van der Waals surface area contributed by atoms with Crippen molar-refractivity contribution in [2.45, 2.75) is 19.8 Å². The van der Waals surface area contributed by atoms with Gasteiger partial charge in [-0.15, -0.1) is 18.3 Å². The maximum absolute atomic E-state index is 12.3. The molecule has 0 aliphatic carbocycles. The molecule has 9 nitrogen and oxygen atoms in total. The average molecular weight is 486 g/mol. The zero-order chi connectivity index (χ0) is 24.4. The highest BCUT2D eigenvalue weighted by molar-refractivity contribution is 5.58. The first-order chi connectivity index (χ1) is 16.8. The molecule has 1 aliphatic heterocycles. The normalized spacial score (nSPS) is 14.3. The first-order valence-corrected chi connectivity index (χ1v) is 10.9. The maximum Gasteiger partial charge on any atom is 0.573 e. The molecule has 0 N–H and O–H groups in total. The number of morpholine rings is 1. The first kappa shape index (κ1) is 22.8. The predicted molar refractivity (Wildman–Crippen MR) is 119 cm³/mol. The molecule has 0 spiro atoms. The van der Waals surface area contributed by atoms with Gasteiger partial charge in [0, 0.05) is 24.3 Å². The van der Waals surface area contributed by atoms with Crippen LogP contribution in [0.15, 0.2) is 53.1 Å². The summed E-state index contributed by atoms with van der Waals surface area (Å²) in [5.74, 6) is 0.914. The molecule has 0 bridgehead atoms. The van der Waals surface area contributed by atoms with E-state index in [1.54, 1.807) is 4.68 Å². The predicted octanol–water partition coefficient (Wildman–Crippen LogP) is 4.09. The molecule has 4 aromatic rings. The second-order valence-electron chi connectivity index (χ2n) is 7.90. The van der Waals surface area contributed by atoms with Crippen molar-refractivity contribution in [3.05, 3.63) is 59.9 Å². The van der Waals surface area contributed by atoms with Crippen molar-refractivity contribution in [2.24, 2.45) is 0 Å². The van der Waals surface area contributed by atoms with Gasteiger partial charge in [0.2, 0.25) is 11.6 Å². The molecule has 35 heavy (non-hydrogen) atoms. The van der Waals surface area contributed by atoms with Crippen LogP contribution in [0.1, 0.15) is 11.4 Å². The van der Waals surface area contributed by atoms with Crippen molar-refractivity contribution < 1.29 is 27.2 Å². The van der Waals surface area contributed by atoms with E-state index in [2.05, 4.69) is 42.0 Å². The van der Waals surface area contributed by atoms with Crippen LogP contribution in [-0.4, -0.2) is 57.6 Å². The van der Waals surface area contributed by atoms with E-state index in [0.717, 1.165) is 24.3 Å². The van der Waals surface area contributed by atoms with Crippen LogP contribution >= 0.6 is 0 Å². The van der Waals surface area contributed by atoms with Gasteiger partial charge in [-0.3, -0.25) is 0 Å². The van der Waals surface area contributed by atoms with Crippen molar-refractivity contribution in [1.82, 2.24) is 24.9 Å². The number of nitrogens with zero attached hydrogens (tertiary/aromatic N) is 6. The molecule has 182 valence electrons. The molecule has 0 amide bonds. The van der Waals surface area contributed by atoms with Crippen molar-refractivity contribution >= 4 is 5.69 Å². The lowest BCUT2D eigenvalue weighted by atomic mass is 10.2. The van der Waals surface area contributed by atoms with Crippen LogP contribution in [0.2, 0.25) is 0 Å². The molecular weight excluding hydrogens is 465 g/mol. The molecule has 1 saturated heterocycles. The molecule has 0 saturated carbocycles. The van der Waals surface area contributed by atoms with Crippen molar-refractivity contribution in [3.8, 4) is 28.9 Å². The lowest BCUT2D eigenvalue weighted by Crippen LogP contribution is -2.36. The second-order valence-corrected chi connectivity index (χ2v) is 7.90. The van der Waals surface area contributed by atoms with Crippen LogP contribution in [0.3, 0.4) is 0 Å². The Morgan fingerprint density at radius 1 is 1.00 bits per heavy atom. The van der Waals surface area contributed by atoms with E-state index in [1.807, 2.05) is 19.1 Å². The second kappa shape index (κ2) is 9.37. The standard InChI is InChI=1S/C23H21F3N6O3/c1-15-27-21(22-28-20(30-35-22)17-5-7-19(8-6-17)34-23(24,25)26)29-32(15)14-16-3-2-4-18(13-16)31-9-11-33-12-10-31/h2-8,13H,9-12,14H2,1H3. The summed E-state index contributed by atoms with van der Waals surface area (Å²) >= 11 is 0. The van der Waals surface area contributed by atoms with Gasteiger partial charge < -0.3 is 18.9 Å². The van der Waals surface area contributed by atoms with E-state index in [1.165, 1.54) is 24.3 Å². The fourth-order valence-electron chi connectivity index (χ4n) is 3.74. The van der Waals surface area contributed by atoms with E-state index in [0.29, 0.717) is 31.1 Å². The molecule has 0 radical (unpaired) electrons. The molecular formula is C23H21F3N6O3. The van der Waals surface area contributed by atoms with Crippen LogP contribution in [0.5, 0.6) is 5.75 Å². The Bertz CT molecular complexity index is 1300. The molecule has 1 aliphatic rings. The summed E-state index contributed by atoms with van der Waals surface area (Å²) in [4.78, 5) is 11.0. The lowest BCUT2D eigenvalue weighted by molar-refractivity contribution is -0.274. The molecule has 0 unspecified atom stereocenters. The lowest BCUT2D eigenvalue weighted by Gasteiger charge is -2.29. The third kappa shape index (κ3) is 5.43. The summed E-state index contributed by atoms with van der Waals surface area (Å²) in [7, 11) is 0. The largest absolute Gasteiger partial charge is 0.573 e. The summed E-state index contributed by atoms with van der Waals surface area (Å²) in [6.07, 6.45) is -4.76.